The molecule has 0 atom stereocenters. The van der Waals surface area contributed by atoms with Gasteiger partial charge in [0, 0.05) is 35.9 Å². The predicted molar refractivity (Wildman–Crippen MR) is 103 cm³/mol. The number of rotatable bonds is 3. The Balaban J connectivity index is 1.53. The number of aromatic nitrogens is 4. The highest BCUT2D eigenvalue weighted by molar-refractivity contribution is 5.66. The summed E-state index contributed by atoms with van der Waals surface area (Å²) < 4.78 is 32.5. The van der Waals surface area contributed by atoms with E-state index in [9.17, 15) is 8.78 Å². The molecule has 0 spiro atoms. The maximum absolute atomic E-state index is 14.7. The molecule has 7 heteroatoms. The smallest absolute Gasteiger partial charge is 0.173 e. The number of halogens is 2. The van der Waals surface area contributed by atoms with Gasteiger partial charge in [0.25, 0.3) is 0 Å². The van der Waals surface area contributed by atoms with Crippen LogP contribution in [0.5, 0.6) is 0 Å². The van der Waals surface area contributed by atoms with Gasteiger partial charge >= 0.3 is 0 Å². The molecule has 0 unspecified atom stereocenters. The van der Waals surface area contributed by atoms with Gasteiger partial charge < -0.3 is 14.1 Å². The molecule has 1 aliphatic heterocycles. The first kappa shape index (κ1) is 17.3. The second-order valence-electron chi connectivity index (χ2n) is 7.63. The van der Waals surface area contributed by atoms with Crippen LogP contribution in [-0.4, -0.2) is 31.9 Å². The molecule has 5 nitrogen and oxygen atoms in total. The molecule has 1 saturated heterocycles. The van der Waals surface area contributed by atoms with Crippen LogP contribution in [0.25, 0.3) is 22.4 Å². The molecular formula is C21H21F2N5. The van der Waals surface area contributed by atoms with E-state index in [-0.39, 0.29) is 5.65 Å². The fraction of sp³-hybridized carbons (Fsp3) is 0.333. The predicted octanol–water partition coefficient (Wildman–Crippen LogP) is 3.78. The third-order valence-electron chi connectivity index (χ3n) is 5.47. The van der Waals surface area contributed by atoms with Gasteiger partial charge in [0.2, 0.25) is 0 Å². The first-order valence-electron chi connectivity index (χ1n) is 9.60. The van der Waals surface area contributed by atoms with E-state index in [0.717, 1.165) is 43.7 Å². The highest BCUT2D eigenvalue weighted by Crippen LogP contribution is 2.26. The lowest BCUT2D eigenvalue weighted by Crippen LogP contribution is -2.28. The van der Waals surface area contributed by atoms with Gasteiger partial charge in [-0.25, -0.2) is 18.7 Å². The molecular weight excluding hydrogens is 360 g/mol. The number of piperidine rings is 1. The molecule has 0 saturated carbocycles. The number of fused-ring (bicyclic) bond motifs is 2. The normalized spacial score (nSPS) is 15.7. The molecule has 0 radical (unpaired) electrons. The topological polar surface area (TPSA) is 46.6 Å². The SMILES string of the molecule is Cc1cn2cc(-c3cc(F)c4nc(CC5CCNCC5)cn4c3)cc(F)c2n1. The van der Waals surface area contributed by atoms with Crippen LogP contribution < -0.4 is 5.32 Å². The number of hydrogen-bond donors (Lipinski definition) is 1. The summed E-state index contributed by atoms with van der Waals surface area (Å²) in [6, 6.07) is 2.82. The molecule has 0 aliphatic carbocycles. The molecule has 1 fully saturated rings. The lowest BCUT2D eigenvalue weighted by molar-refractivity contribution is 0.370. The van der Waals surface area contributed by atoms with Crippen molar-refractivity contribution in [2.24, 2.45) is 5.92 Å². The number of hydrogen-bond acceptors (Lipinski definition) is 3. The van der Waals surface area contributed by atoms with Gasteiger partial charge in [-0.15, -0.1) is 0 Å². The number of aryl methyl sites for hydroxylation is 1. The summed E-state index contributed by atoms with van der Waals surface area (Å²) in [7, 11) is 0. The van der Waals surface area contributed by atoms with Crippen molar-refractivity contribution in [1.82, 2.24) is 24.1 Å². The van der Waals surface area contributed by atoms with Crippen LogP contribution >= 0.6 is 0 Å². The van der Waals surface area contributed by atoms with Gasteiger partial charge in [-0.2, -0.15) is 0 Å². The van der Waals surface area contributed by atoms with Gasteiger partial charge in [-0.3, -0.25) is 0 Å². The molecule has 4 aromatic rings. The van der Waals surface area contributed by atoms with Crippen LogP contribution in [-0.2, 0) is 6.42 Å². The summed E-state index contributed by atoms with van der Waals surface area (Å²) in [5, 5.41) is 3.36. The van der Waals surface area contributed by atoms with Crippen LogP contribution in [0.3, 0.4) is 0 Å². The first-order valence-corrected chi connectivity index (χ1v) is 9.60. The number of nitrogens with zero attached hydrogens (tertiary/aromatic N) is 4. The average Bonchev–Trinajstić information content (AvgIpc) is 3.25. The zero-order valence-electron chi connectivity index (χ0n) is 15.6. The molecule has 5 heterocycles. The molecule has 0 amide bonds. The Labute approximate surface area is 161 Å². The quantitative estimate of drug-likeness (QED) is 0.588. The van der Waals surface area contributed by atoms with E-state index in [2.05, 4.69) is 15.3 Å². The van der Waals surface area contributed by atoms with E-state index in [4.69, 9.17) is 0 Å². The third-order valence-corrected chi connectivity index (χ3v) is 5.47. The molecule has 28 heavy (non-hydrogen) atoms. The summed E-state index contributed by atoms with van der Waals surface area (Å²) >= 11 is 0. The first-order chi connectivity index (χ1) is 13.6. The van der Waals surface area contributed by atoms with Crippen molar-refractivity contribution in [2.75, 3.05) is 13.1 Å². The zero-order valence-corrected chi connectivity index (χ0v) is 15.6. The van der Waals surface area contributed by atoms with Crippen LogP contribution in [0.1, 0.15) is 24.2 Å². The second kappa shape index (κ2) is 6.67. The molecule has 0 bridgehead atoms. The summed E-state index contributed by atoms with van der Waals surface area (Å²) in [5.41, 5.74) is 3.41. The van der Waals surface area contributed by atoms with Crippen molar-refractivity contribution in [3.63, 3.8) is 0 Å². The minimum absolute atomic E-state index is 0.273. The second-order valence-corrected chi connectivity index (χ2v) is 7.63. The van der Waals surface area contributed by atoms with E-state index < -0.39 is 11.6 Å². The van der Waals surface area contributed by atoms with Crippen LogP contribution in [0.4, 0.5) is 8.78 Å². The fourth-order valence-corrected chi connectivity index (χ4v) is 4.08. The van der Waals surface area contributed by atoms with Crippen molar-refractivity contribution in [3.8, 4) is 11.1 Å². The Morgan fingerprint density at radius 2 is 1.54 bits per heavy atom. The van der Waals surface area contributed by atoms with Crippen molar-refractivity contribution in [2.45, 2.75) is 26.2 Å². The van der Waals surface area contributed by atoms with Gasteiger partial charge in [0.15, 0.2) is 22.9 Å². The fourth-order valence-electron chi connectivity index (χ4n) is 4.08. The molecule has 0 aromatic carbocycles. The Kier molecular flexibility index (Phi) is 4.12. The molecule has 5 rings (SSSR count). The highest BCUT2D eigenvalue weighted by Gasteiger charge is 2.17. The van der Waals surface area contributed by atoms with Crippen molar-refractivity contribution in [1.29, 1.82) is 0 Å². The molecule has 4 aromatic heterocycles. The van der Waals surface area contributed by atoms with E-state index in [1.165, 1.54) is 12.1 Å². The Morgan fingerprint density at radius 1 is 0.929 bits per heavy atom. The van der Waals surface area contributed by atoms with E-state index in [1.54, 1.807) is 21.2 Å². The van der Waals surface area contributed by atoms with Crippen molar-refractivity contribution >= 4 is 11.3 Å². The van der Waals surface area contributed by atoms with E-state index in [1.807, 2.05) is 19.3 Å². The summed E-state index contributed by atoms with van der Waals surface area (Å²) in [5.74, 6) is -0.255. The molecule has 1 N–H and O–H groups in total. The van der Waals surface area contributed by atoms with Crippen LogP contribution in [0.15, 0.2) is 36.9 Å². The molecule has 1 aliphatic rings. The zero-order chi connectivity index (χ0) is 19.3. The maximum atomic E-state index is 14.7. The van der Waals surface area contributed by atoms with E-state index >= 15 is 0 Å². The average molecular weight is 381 g/mol. The lowest BCUT2D eigenvalue weighted by atomic mass is 9.93. The molecule has 144 valence electrons. The Morgan fingerprint density at radius 3 is 2.21 bits per heavy atom. The van der Waals surface area contributed by atoms with Gasteiger partial charge in [0.1, 0.15) is 0 Å². The summed E-state index contributed by atoms with van der Waals surface area (Å²) in [6.45, 7) is 3.86. The number of nitrogens with one attached hydrogen (secondary N) is 1. The number of pyridine rings is 2. The third kappa shape index (κ3) is 3.05. The van der Waals surface area contributed by atoms with E-state index in [0.29, 0.717) is 22.7 Å². The minimum Gasteiger partial charge on any atom is -0.317 e. The Bertz CT molecular complexity index is 1170. The lowest BCUT2D eigenvalue weighted by Gasteiger charge is -2.21. The number of imidazole rings is 2. The monoisotopic (exact) mass is 381 g/mol. The standard InChI is InChI=1S/C21H21F2N5/c1-13-9-27-10-15(7-18(22)20(27)25-13)16-8-19(23)21-26-17(12-28(21)11-16)6-14-2-4-24-5-3-14/h7-12,14,24H,2-6H2,1H3. The maximum Gasteiger partial charge on any atom is 0.173 e. The van der Waals surface area contributed by atoms with Crippen molar-refractivity contribution in [3.05, 3.63) is 59.9 Å². The summed E-state index contributed by atoms with van der Waals surface area (Å²) in [6.07, 6.45) is 10.3. The minimum atomic E-state index is -0.427. The van der Waals surface area contributed by atoms with Crippen LogP contribution in [0, 0.1) is 24.5 Å². The highest BCUT2D eigenvalue weighted by atomic mass is 19.1. The summed E-state index contributed by atoms with van der Waals surface area (Å²) in [4.78, 5) is 8.66. The van der Waals surface area contributed by atoms with Gasteiger partial charge in [-0.1, -0.05) is 0 Å². The van der Waals surface area contributed by atoms with Crippen LogP contribution in [0.2, 0.25) is 0 Å². The van der Waals surface area contributed by atoms with Gasteiger partial charge in [0.05, 0.1) is 11.4 Å². The van der Waals surface area contributed by atoms with Crippen molar-refractivity contribution < 1.29 is 8.78 Å². The van der Waals surface area contributed by atoms with Gasteiger partial charge in [-0.05, 0) is 57.3 Å². The largest absolute Gasteiger partial charge is 0.317 e. The Hall–Kier alpha value is -2.80.